The van der Waals surface area contributed by atoms with Crippen molar-refractivity contribution in [3.63, 3.8) is 0 Å². The quantitative estimate of drug-likeness (QED) is 0.491. The Morgan fingerprint density at radius 1 is 0.909 bits per heavy atom. The van der Waals surface area contributed by atoms with Gasteiger partial charge in [0.25, 0.3) is 5.91 Å². The van der Waals surface area contributed by atoms with Crippen LogP contribution in [-0.2, 0) is 0 Å². The Morgan fingerprint density at radius 2 is 1.70 bits per heavy atom. The van der Waals surface area contributed by atoms with Crippen LogP contribution in [0.25, 0.3) is 10.9 Å². The molecule has 1 N–H and O–H groups in total. The van der Waals surface area contributed by atoms with Crippen LogP contribution in [0.2, 0.25) is 0 Å². The second kappa shape index (κ2) is 7.30. The van der Waals surface area contributed by atoms with Gasteiger partial charge in [-0.3, -0.25) is 4.79 Å². The summed E-state index contributed by atoms with van der Waals surface area (Å²) in [4.78, 5) is 19.3. The number of carbonyl (C=O) groups excluding carboxylic acids is 1. The molecule has 6 rings (SSSR count). The molecule has 0 radical (unpaired) electrons. The number of amides is 1. The van der Waals surface area contributed by atoms with Crippen LogP contribution in [-0.4, -0.2) is 43.7 Å². The first kappa shape index (κ1) is 19.7. The highest BCUT2D eigenvalue weighted by Gasteiger charge is 2.47. The van der Waals surface area contributed by atoms with Gasteiger partial charge in [-0.05, 0) is 41.0 Å². The van der Waals surface area contributed by atoms with Crippen molar-refractivity contribution in [1.82, 2.24) is 9.88 Å². The molecule has 4 aromatic rings. The SMILES string of the molecule is COc1ccc([C@H]2CN3C(=O)c4c(ccc(OC)c4OC)[C@H]3c3[nH]c4ccccc4c32)cc1. The molecule has 3 aromatic carbocycles. The zero-order chi connectivity index (χ0) is 22.7. The Morgan fingerprint density at radius 3 is 2.42 bits per heavy atom. The number of hydrogen-bond acceptors (Lipinski definition) is 4. The molecule has 2 atom stereocenters. The predicted molar refractivity (Wildman–Crippen MR) is 126 cm³/mol. The van der Waals surface area contributed by atoms with Crippen LogP contribution < -0.4 is 14.2 Å². The van der Waals surface area contributed by atoms with Gasteiger partial charge in [0.05, 0.1) is 32.9 Å². The van der Waals surface area contributed by atoms with E-state index in [1.54, 1.807) is 21.3 Å². The number of nitrogens with zero attached hydrogens (tertiary/aromatic N) is 1. The number of benzene rings is 3. The van der Waals surface area contributed by atoms with Crippen LogP contribution in [0.3, 0.4) is 0 Å². The summed E-state index contributed by atoms with van der Waals surface area (Å²) >= 11 is 0. The second-order valence-electron chi connectivity index (χ2n) is 8.45. The first-order chi connectivity index (χ1) is 16.2. The minimum absolute atomic E-state index is 0.0319. The molecule has 0 aliphatic carbocycles. The van der Waals surface area contributed by atoms with E-state index < -0.39 is 0 Å². The summed E-state index contributed by atoms with van der Waals surface area (Å²) in [6.07, 6.45) is 0. The van der Waals surface area contributed by atoms with Crippen LogP contribution >= 0.6 is 0 Å². The summed E-state index contributed by atoms with van der Waals surface area (Å²) in [7, 11) is 4.84. The van der Waals surface area contributed by atoms with Gasteiger partial charge in [-0.15, -0.1) is 0 Å². The third-order valence-electron chi connectivity index (χ3n) is 6.95. The third-order valence-corrected chi connectivity index (χ3v) is 6.95. The highest BCUT2D eigenvalue weighted by Crippen LogP contribution is 2.52. The van der Waals surface area contributed by atoms with Gasteiger partial charge in [0.2, 0.25) is 0 Å². The molecular weight excluding hydrogens is 416 g/mol. The summed E-state index contributed by atoms with van der Waals surface area (Å²) in [5.41, 5.74) is 6.05. The third kappa shape index (κ3) is 2.70. The van der Waals surface area contributed by atoms with Crippen molar-refractivity contribution < 1.29 is 19.0 Å². The van der Waals surface area contributed by atoms with E-state index in [4.69, 9.17) is 14.2 Å². The van der Waals surface area contributed by atoms with E-state index in [-0.39, 0.29) is 17.9 Å². The minimum Gasteiger partial charge on any atom is -0.497 e. The summed E-state index contributed by atoms with van der Waals surface area (Å²) in [6, 6.07) is 20.2. The van der Waals surface area contributed by atoms with Crippen LogP contribution in [0, 0.1) is 0 Å². The number of H-pyrrole nitrogens is 1. The standard InChI is InChI=1S/C27H24N2O4/c1-31-16-10-8-15(9-11-16)19-14-29-25(24-22(19)17-6-4-5-7-20(17)28-24)18-12-13-21(32-2)26(33-3)23(18)27(29)30/h4-13,19,25,28H,14H2,1-3H3/t19-,25+/m1/s1. The van der Waals surface area contributed by atoms with Gasteiger partial charge in [-0.2, -0.15) is 0 Å². The van der Waals surface area contributed by atoms with E-state index in [1.165, 1.54) is 10.9 Å². The van der Waals surface area contributed by atoms with E-state index in [2.05, 4.69) is 35.3 Å². The maximum absolute atomic E-state index is 13.7. The summed E-state index contributed by atoms with van der Waals surface area (Å²) in [6.45, 7) is 0.574. The fourth-order valence-electron chi connectivity index (χ4n) is 5.49. The van der Waals surface area contributed by atoms with E-state index in [0.29, 0.717) is 23.6 Å². The molecule has 33 heavy (non-hydrogen) atoms. The summed E-state index contributed by atoms with van der Waals surface area (Å²) in [5, 5.41) is 1.19. The molecule has 0 saturated carbocycles. The molecular formula is C27H24N2O4. The zero-order valence-corrected chi connectivity index (χ0v) is 18.7. The van der Waals surface area contributed by atoms with Gasteiger partial charge in [-0.25, -0.2) is 0 Å². The second-order valence-corrected chi connectivity index (χ2v) is 8.45. The normalized spacial score (nSPS) is 18.6. The van der Waals surface area contributed by atoms with Crippen molar-refractivity contribution in [2.24, 2.45) is 0 Å². The minimum atomic E-state index is -0.191. The van der Waals surface area contributed by atoms with E-state index >= 15 is 0 Å². The molecule has 6 nitrogen and oxygen atoms in total. The average molecular weight is 440 g/mol. The van der Waals surface area contributed by atoms with Crippen molar-refractivity contribution in [1.29, 1.82) is 0 Å². The fraction of sp³-hybridized carbons (Fsp3) is 0.222. The predicted octanol–water partition coefficient (Wildman–Crippen LogP) is 4.88. The number of fused-ring (bicyclic) bond motifs is 7. The number of methoxy groups -OCH3 is 3. The maximum atomic E-state index is 13.7. The fourth-order valence-corrected chi connectivity index (χ4v) is 5.49. The molecule has 0 bridgehead atoms. The molecule has 1 aromatic heterocycles. The molecule has 2 aliphatic heterocycles. The van der Waals surface area contributed by atoms with Crippen LogP contribution in [0.1, 0.15) is 44.7 Å². The lowest BCUT2D eigenvalue weighted by Crippen LogP contribution is -2.37. The summed E-state index contributed by atoms with van der Waals surface area (Å²) in [5.74, 6) is 1.87. The first-order valence-corrected chi connectivity index (χ1v) is 11.0. The monoisotopic (exact) mass is 440 g/mol. The van der Waals surface area contributed by atoms with E-state index in [9.17, 15) is 4.79 Å². The van der Waals surface area contributed by atoms with Gasteiger partial charge < -0.3 is 24.1 Å². The van der Waals surface area contributed by atoms with Crippen molar-refractivity contribution >= 4 is 16.8 Å². The van der Waals surface area contributed by atoms with Gasteiger partial charge in [-0.1, -0.05) is 36.4 Å². The molecule has 0 saturated heterocycles. The number of ether oxygens (including phenoxy) is 3. The first-order valence-electron chi connectivity index (χ1n) is 11.0. The van der Waals surface area contributed by atoms with Crippen LogP contribution in [0.4, 0.5) is 0 Å². The van der Waals surface area contributed by atoms with Crippen molar-refractivity contribution in [2.75, 3.05) is 27.9 Å². The van der Waals surface area contributed by atoms with Crippen molar-refractivity contribution in [2.45, 2.75) is 12.0 Å². The Bertz CT molecular complexity index is 1390. The topological polar surface area (TPSA) is 63.8 Å². The van der Waals surface area contributed by atoms with Gasteiger partial charge in [0, 0.05) is 29.1 Å². The Labute approximate surface area is 191 Å². The number of aromatic nitrogens is 1. The zero-order valence-electron chi connectivity index (χ0n) is 18.7. The maximum Gasteiger partial charge on any atom is 0.259 e. The van der Waals surface area contributed by atoms with Crippen LogP contribution in [0.5, 0.6) is 17.2 Å². The number of rotatable bonds is 4. The summed E-state index contributed by atoms with van der Waals surface area (Å²) < 4.78 is 16.5. The number of aromatic amines is 1. The number of para-hydroxylation sites is 1. The Balaban J connectivity index is 1.59. The van der Waals surface area contributed by atoms with Gasteiger partial charge in [0.15, 0.2) is 11.5 Å². The largest absolute Gasteiger partial charge is 0.497 e. The van der Waals surface area contributed by atoms with Crippen molar-refractivity contribution in [3.8, 4) is 17.2 Å². The highest BCUT2D eigenvalue weighted by atomic mass is 16.5. The molecule has 0 unspecified atom stereocenters. The number of carbonyl (C=O) groups is 1. The Hall–Kier alpha value is -3.93. The molecule has 0 fully saturated rings. The van der Waals surface area contributed by atoms with Gasteiger partial charge in [0.1, 0.15) is 5.75 Å². The average Bonchev–Trinajstić information content (AvgIpc) is 3.39. The van der Waals surface area contributed by atoms with E-state index in [0.717, 1.165) is 28.1 Å². The molecule has 2 aliphatic rings. The number of nitrogens with one attached hydrogen (secondary N) is 1. The smallest absolute Gasteiger partial charge is 0.259 e. The molecule has 1 amide bonds. The lowest BCUT2D eigenvalue weighted by molar-refractivity contribution is 0.0725. The molecule has 0 spiro atoms. The van der Waals surface area contributed by atoms with Crippen molar-refractivity contribution in [3.05, 3.63) is 88.6 Å². The Kier molecular flexibility index (Phi) is 4.37. The lowest BCUT2D eigenvalue weighted by Gasteiger charge is -2.36. The van der Waals surface area contributed by atoms with E-state index in [1.807, 2.05) is 35.2 Å². The van der Waals surface area contributed by atoms with Crippen LogP contribution in [0.15, 0.2) is 60.7 Å². The molecule has 3 heterocycles. The molecule has 6 heteroatoms. The van der Waals surface area contributed by atoms with Gasteiger partial charge >= 0.3 is 0 Å². The lowest BCUT2D eigenvalue weighted by atomic mass is 9.83. The molecule has 166 valence electrons. The highest BCUT2D eigenvalue weighted by molar-refractivity contribution is 6.04. The number of hydrogen-bond donors (Lipinski definition) is 1.